The smallest absolute Gasteiger partial charge is 0.295 e. The number of benzene rings is 1. The summed E-state index contributed by atoms with van der Waals surface area (Å²) in [6.45, 7) is 3.48. The van der Waals surface area contributed by atoms with Gasteiger partial charge in [-0.05, 0) is 31.5 Å². The number of aromatic nitrogens is 3. The van der Waals surface area contributed by atoms with E-state index in [9.17, 15) is 9.59 Å². The Bertz CT molecular complexity index is 663. The van der Waals surface area contributed by atoms with Crippen molar-refractivity contribution < 1.29 is 9.59 Å². The second-order valence-electron chi connectivity index (χ2n) is 4.26. The molecule has 104 valence electrons. The standard InChI is InChI=1S/C13H15N5O2/c1-7-9(12(19)14-3)5-4-6-10(7)16-13(20)11-15-8(2)17-18-11/h4-6H,1-3H3,(H,14,19)(H,16,20)(H,15,17,18). The van der Waals surface area contributed by atoms with Gasteiger partial charge in [-0.1, -0.05) is 6.07 Å². The summed E-state index contributed by atoms with van der Waals surface area (Å²) in [6.07, 6.45) is 0. The van der Waals surface area contributed by atoms with Gasteiger partial charge in [0.1, 0.15) is 5.82 Å². The van der Waals surface area contributed by atoms with E-state index in [1.807, 2.05) is 0 Å². The van der Waals surface area contributed by atoms with Crippen molar-refractivity contribution >= 4 is 17.5 Å². The molecule has 0 saturated carbocycles. The molecule has 0 aliphatic heterocycles. The zero-order chi connectivity index (χ0) is 14.7. The van der Waals surface area contributed by atoms with Crippen molar-refractivity contribution in [2.75, 3.05) is 12.4 Å². The largest absolute Gasteiger partial charge is 0.355 e. The van der Waals surface area contributed by atoms with Crippen molar-refractivity contribution in [2.45, 2.75) is 13.8 Å². The fourth-order valence-electron chi connectivity index (χ4n) is 1.77. The van der Waals surface area contributed by atoms with E-state index in [4.69, 9.17) is 0 Å². The molecule has 7 nitrogen and oxygen atoms in total. The van der Waals surface area contributed by atoms with Gasteiger partial charge in [-0.15, -0.1) is 5.10 Å². The molecule has 2 rings (SSSR count). The van der Waals surface area contributed by atoms with Gasteiger partial charge in [0.15, 0.2) is 0 Å². The second kappa shape index (κ2) is 5.52. The van der Waals surface area contributed by atoms with Crippen LogP contribution in [0.15, 0.2) is 18.2 Å². The minimum absolute atomic E-state index is 0.0623. The number of hydrogen-bond acceptors (Lipinski definition) is 4. The van der Waals surface area contributed by atoms with Crippen LogP contribution < -0.4 is 10.6 Å². The Labute approximate surface area is 115 Å². The maximum Gasteiger partial charge on any atom is 0.295 e. The van der Waals surface area contributed by atoms with E-state index < -0.39 is 5.91 Å². The van der Waals surface area contributed by atoms with Crippen molar-refractivity contribution in [3.63, 3.8) is 0 Å². The van der Waals surface area contributed by atoms with Crippen molar-refractivity contribution in [1.29, 1.82) is 0 Å². The first kappa shape index (κ1) is 13.7. The van der Waals surface area contributed by atoms with Crippen LogP contribution in [0.5, 0.6) is 0 Å². The molecule has 2 amide bonds. The van der Waals surface area contributed by atoms with Crippen LogP contribution in [0.25, 0.3) is 0 Å². The van der Waals surface area contributed by atoms with E-state index in [-0.39, 0.29) is 11.7 Å². The molecule has 1 aromatic heterocycles. The molecular weight excluding hydrogens is 258 g/mol. The summed E-state index contributed by atoms with van der Waals surface area (Å²) in [5.41, 5.74) is 1.75. The maximum absolute atomic E-state index is 12.0. The molecule has 0 spiro atoms. The summed E-state index contributed by atoms with van der Waals surface area (Å²) in [6, 6.07) is 5.12. The van der Waals surface area contributed by atoms with Gasteiger partial charge in [0.05, 0.1) is 0 Å². The van der Waals surface area contributed by atoms with E-state index in [1.165, 1.54) is 0 Å². The first-order valence-electron chi connectivity index (χ1n) is 6.05. The van der Waals surface area contributed by atoms with Crippen LogP contribution in [0.4, 0.5) is 5.69 Å². The minimum Gasteiger partial charge on any atom is -0.355 e. The Kier molecular flexibility index (Phi) is 3.79. The average Bonchev–Trinajstić information content (AvgIpc) is 2.87. The van der Waals surface area contributed by atoms with Gasteiger partial charge < -0.3 is 10.6 Å². The highest BCUT2D eigenvalue weighted by atomic mass is 16.2. The van der Waals surface area contributed by atoms with Crippen molar-refractivity contribution in [2.24, 2.45) is 0 Å². The predicted molar refractivity (Wildman–Crippen MR) is 73.6 cm³/mol. The number of carbonyl (C=O) groups excluding carboxylic acids is 2. The number of anilines is 1. The molecule has 0 saturated heterocycles. The molecule has 2 aromatic rings. The number of nitrogens with zero attached hydrogens (tertiary/aromatic N) is 2. The molecule has 7 heteroatoms. The number of aromatic amines is 1. The Morgan fingerprint density at radius 1 is 1.20 bits per heavy atom. The Morgan fingerprint density at radius 3 is 2.55 bits per heavy atom. The van der Waals surface area contributed by atoms with Crippen molar-refractivity contribution in [3.8, 4) is 0 Å². The molecule has 0 fully saturated rings. The summed E-state index contributed by atoms with van der Waals surface area (Å²) in [4.78, 5) is 27.6. The van der Waals surface area contributed by atoms with Crippen LogP contribution in [-0.2, 0) is 0 Å². The topological polar surface area (TPSA) is 99.8 Å². The third-order valence-electron chi connectivity index (χ3n) is 2.85. The highest BCUT2D eigenvalue weighted by Crippen LogP contribution is 2.19. The quantitative estimate of drug-likeness (QED) is 0.777. The fraction of sp³-hybridized carbons (Fsp3) is 0.231. The van der Waals surface area contributed by atoms with Gasteiger partial charge in [0.25, 0.3) is 11.8 Å². The summed E-state index contributed by atoms with van der Waals surface area (Å²) in [7, 11) is 1.56. The van der Waals surface area contributed by atoms with Gasteiger partial charge in [-0.3, -0.25) is 14.7 Å². The second-order valence-corrected chi connectivity index (χ2v) is 4.26. The molecule has 20 heavy (non-hydrogen) atoms. The summed E-state index contributed by atoms with van der Waals surface area (Å²) < 4.78 is 0. The first-order chi connectivity index (χ1) is 9.52. The number of nitrogens with one attached hydrogen (secondary N) is 3. The van der Waals surface area contributed by atoms with Gasteiger partial charge in [0.2, 0.25) is 5.82 Å². The normalized spacial score (nSPS) is 10.2. The van der Waals surface area contributed by atoms with E-state index in [2.05, 4.69) is 25.8 Å². The van der Waals surface area contributed by atoms with E-state index >= 15 is 0 Å². The van der Waals surface area contributed by atoms with Crippen LogP contribution in [0, 0.1) is 13.8 Å². The number of aryl methyl sites for hydroxylation is 1. The lowest BCUT2D eigenvalue weighted by molar-refractivity contribution is 0.0960. The lowest BCUT2D eigenvalue weighted by Gasteiger charge is -2.10. The van der Waals surface area contributed by atoms with Crippen LogP contribution in [0.1, 0.15) is 32.4 Å². The van der Waals surface area contributed by atoms with Crippen LogP contribution in [-0.4, -0.2) is 34.0 Å². The molecule has 0 unspecified atom stereocenters. The Morgan fingerprint density at radius 2 is 1.95 bits per heavy atom. The third kappa shape index (κ3) is 2.66. The molecule has 0 aliphatic carbocycles. The average molecular weight is 273 g/mol. The lowest BCUT2D eigenvalue weighted by Crippen LogP contribution is -2.20. The summed E-state index contributed by atoms with van der Waals surface area (Å²) in [5, 5.41) is 11.6. The monoisotopic (exact) mass is 273 g/mol. The van der Waals surface area contributed by atoms with Crippen LogP contribution in [0.2, 0.25) is 0 Å². The number of amides is 2. The fourth-order valence-corrected chi connectivity index (χ4v) is 1.77. The van der Waals surface area contributed by atoms with Crippen LogP contribution >= 0.6 is 0 Å². The number of rotatable bonds is 3. The number of H-pyrrole nitrogens is 1. The lowest BCUT2D eigenvalue weighted by atomic mass is 10.1. The third-order valence-corrected chi connectivity index (χ3v) is 2.85. The molecule has 3 N–H and O–H groups in total. The molecule has 1 heterocycles. The minimum atomic E-state index is -0.425. The highest BCUT2D eigenvalue weighted by molar-refractivity contribution is 6.03. The van der Waals surface area contributed by atoms with E-state index in [0.29, 0.717) is 22.6 Å². The molecule has 0 radical (unpaired) electrons. The number of carbonyl (C=O) groups is 2. The molecule has 0 aliphatic rings. The van der Waals surface area contributed by atoms with Gasteiger partial charge >= 0.3 is 0 Å². The Hall–Kier alpha value is -2.70. The molecular formula is C13H15N5O2. The number of hydrogen-bond donors (Lipinski definition) is 3. The molecule has 0 bridgehead atoms. The zero-order valence-corrected chi connectivity index (χ0v) is 11.4. The van der Waals surface area contributed by atoms with Crippen molar-refractivity contribution in [1.82, 2.24) is 20.5 Å². The zero-order valence-electron chi connectivity index (χ0n) is 11.4. The maximum atomic E-state index is 12.0. The van der Waals surface area contributed by atoms with E-state index in [0.717, 1.165) is 0 Å². The Balaban J connectivity index is 2.26. The summed E-state index contributed by atoms with van der Waals surface area (Å²) in [5.74, 6) is -0.00271. The van der Waals surface area contributed by atoms with Crippen molar-refractivity contribution in [3.05, 3.63) is 41.0 Å². The first-order valence-corrected chi connectivity index (χ1v) is 6.05. The van der Waals surface area contributed by atoms with Gasteiger partial charge in [0, 0.05) is 18.3 Å². The molecule has 1 aromatic carbocycles. The van der Waals surface area contributed by atoms with Gasteiger partial charge in [-0.2, -0.15) is 0 Å². The predicted octanol–water partition coefficient (Wildman–Crippen LogP) is 1.03. The molecule has 0 atom stereocenters. The highest BCUT2D eigenvalue weighted by Gasteiger charge is 2.15. The van der Waals surface area contributed by atoms with E-state index in [1.54, 1.807) is 39.1 Å². The van der Waals surface area contributed by atoms with Gasteiger partial charge in [-0.25, -0.2) is 4.98 Å². The summed E-state index contributed by atoms with van der Waals surface area (Å²) >= 11 is 0. The SMILES string of the molecule is CNC(=O)c1cccc(NC(=O)c2n[nH]c(C)n2)c1C. The van der Waals surface area contributed by atoms with Crippen LogP contribution in [0.3, 0.4) is 0 Å².